The maximum Gasteiger partial charge on any atom is 0.429 e. The highest BCUT2D eigenvalue weighted by Crippen LogP contribution is 2.81. The summed E-state index contributed by atoms with van der Waals surface area (Å²) in [6, 6.07) is 0. The zero-order chi connectivity index (χ0) is 80.8. The Hall–Kier alpha value is -1.08. The van der Waals surface area contributed by atoms with Crippen LogP contribution in [0.15, 0.2) is 0 Å². The lowest BCUT2D eigenvalue weighted by Gasteiger charge is -2.66. The molecule has 12 aliphatic carbocycles. The molecule has 16 fully saturated rings. The lowest BCUT2D eigenvalue weighted by atomic mass is 9.41. The molecule has 42 heteroatoms. The second-order valence-electron chi connectivity index (χ2n) is 30.1. The van der Waals surface area contributed by atoms with Crippen LogP contribution in [0.3, 0.4) is 0 Å². The molecule has 0 aromatic rings. The van der Waals surface area contributed by atoms with Crippen molar-refractivity contribution in [2.75, 3.05) is 25.0 Å². The van der Waals surface area contributed by atoms with Crippen molar-refractivity contribution < 1.29 is 170 Å². The Labute approximate surface area is 604 Å². The molecule has 12 saturated carbocycles. The molecule has 618 valence electrons. The molecule has 6 nitrogen and oxygen atoms in total. The fourth-order valence-electron chi connectivity index (χ4n) is 22.9. The molecular weight excluding hydrogens is 1590 g/mol. The van der Waals surface area contributed by atoms with Gasteiger partial charge in [0.25, 0.3) is 22.4 Å². The minimum Gasteiger partial charge on any atom is -0.374 e. The van der Waals surface area contributed by atoms with Crippen LogP contribution in [-0.4, -0.2) is 176 Å². The number of rotatable bonds is 4. The molecule has 105 heavy (non-hydrogen) atoms. The Kier molecular flexibility index (Phi) is 25.7. The van der Waals surface area contributed by atoms with Crippen molar-refractivity contribution in [1.29, 1.82) is 0 Å². The van der Waals surface area contributed by atoms with Gasteiger partial charge in [-0.05, 0) is 199 Å². The van der Waals surface area contributed by atoms with Crippen molar-refractivity contribution in [1.82, 2.24) is 0 Å². The van der Waals surface area contributed by atoms with Crippen LogP contribution in [0, 0.1) is 94.7 Å². The van der Waals surface area contributed by atoms with E-state index in [1.165, 1.54) is 0 Å². The van der Waals surface area contributed by atoms with Gasteiger partial charge in [-0.15, -0.1) is 0 Å². The first-order valence-corrected chi connectivity index (χ1v) is 37.3. The van der Waals surface area contributed by atoms with Crippen molar-refractivity contribution in [2.24, 2.45) is 94.7 Å². The summed E-state index contributed by atoms with van der Waals surface area (Å²) in [5.41, 5.74) is -45.0. The number of alkyl halides is 32. The van der Waals surface area contributed by atoms with Gasteiger partial charge in [0.2, 0.25) is 11.3 Å². The number of hydrogen-bond acceptors (Lipinski definition) is 10. The van der Waals surface area contributed by atoms with E-state index in [2.05, 4.69) is 50.5 Å². The van der Waals surface area contributed by atoms with Gasteiger partial charge in [-0.3, -0.25) is 0 Å². The smallest absolute Gasteiger partial charge is 0.374 e. The lowest BCUT2D eigenvalue weighted by Crippen LogP contribution is -2.81. The summed E-state index contributed by atoms with van der Waals surface area (Å²) < 4.78 is 444. The van der Waals surface area contributed by atoms with Gasteiger partial charge in [0, 0.05) is 30.1 Å². The van der Waals surface area contributed by atoms with Crippen LogP contribution >= 0.6 is 50.5 Å². The number of halogens is 32. The normalized spacial score (nSPS) is 42.2. The predicted octanol–water partition coefficient (Wildman–Crippen LogP) is 19.4. The Bertz CT molecular complexity index is 2880. The molecule has 23 unspecified atom stereocenters. The molecule has 0 aromatic heterocycles. The summed E-state index contributed by atoms with van der Waals surface area (Å²) in [5, 5.41) is 38.3. The standard InChI is InChI=1S/C17H21F7O.C16H15F11O.C13H13F7O3.C13H17F7O.4CH4S/c18-14(15(25,16(19,20)21)17(22,23)24)7-10-5-6-11(14)13-9-3-1-8(2-4-9)12(10)13;17-11(13(28,15(22,23)24)16(25,26)27)7-4-8(12(11,18)14(19,20)21)10-6-2-1-5(3-6)9(7)10;14-10(11(21,12(15,16)17)13(18,19)20)3-6-7-4-1-2-5(22-4)8(7)9(10)23-6;14-10(11(21,12(15,16)17)13(18,19)20)6-5-8-3-1-2-4-9(8)7-10;4*1-2/h8-13,25H,1-7H2;5-10,28H,1-4H2;4-9,21H,1-3H2;8-9,21H,1-7H2;4*2H,1H3. The Morgan fingerprint density at radius 1 is 0.286 bits per heavy atom. The van der Waals surface area contributed by atoms with Gasteiger partial charge in [0.05, 0.1) is 18.3 Å². The first-order chi connectivity index (χ1) is 47.7. The zero-order valence-corrected chi connectivity index (χ0v) is 59.5. The van der Waals surface area contributed by atoms with Gasteiger partial charge in [0.15, 0.2) is 17.0 Å². The van der Waals surface area contributed by atoms with Crippen molar-refractivity contribution in [3.63, 3.8) is 0 Å². The highest BCUT2D eigenvalue weighted by atomic mass is 32.1. The Morgan fingerprint density at radius 2 is 0.648 bits per heavy atom. The number of thiol groups is 4. The molecule has 0 spiro atoms. The van der Waals surface area contributed by atoms with Crippen molar-refractivity contribution in [3.05, 3.63) is 0 Å². The summed E-state index contributed by atoms with van der Waals surface area (Å²) in [6.07, 6.45) is -50.6. The molecule has 4 N–H and O–H groups in total. The quantitative estimate of drug-likeness (QED) is 0.0812. The van der Waals surface area contributed by atoms with E-state index in [4.69, 9.17) is 9.47 Å². The molecular formula is C63H82F32O6S4. The monoisotopic (exact) mass is 1670 g/mol. The summed E-state index contributed by atoms with van der Waals surface area (Å²) >= 11 is 14.1. The number of fused-ring (bicyclic) bond motifs is 23. The fraction of sp³-hybridized carbons (Fsp3) is 1.00. The average molecular weight is 1670 g/mol. The van der Waals surface area contributed by atoms with E-state index >= 15 is 17.6 Å². The van der Waals surface area contributed by atoms with Crippen LogP contribution < -0.4 is 0 Å². The van der Waals surface area contributed by atoms with E-state index in [0.29, 0.717) is 51.4 Å². The van der Waals surface area contributed by atoms with E-state index in [1.807, 2.05) is 0 Å². The maximum atomic E-state index is 15.8. The van der Waals surface area contributed by atoms with Gasteiger partial charge in [-0.2, -0.15) is 169 Å². The van der Waals surface area contributed by atoms with Crippen molar-refractivity contribution >= 4 is 50.5 Å². The van der Waals surface area contributed by atoms with Gasteiger partial charge in [0.1, 0.15) is 6.10 Å². The van der Waals surface area contributed by atoms with Crippen LogP contribution in [0.1, 0.15) is 135 Å². The summed E-state index contributed by atoms with van der Waals surface area (Å²) in [5.74, 6) is -12.2. The van der Waals surface area contributed by atoms with E-state index in [0.717, 1.165) is 32.1 Å². The van der Waals surface area contributed by atoms with Crippen LogP contribution in [0.2, 0.25) is 0 Å². The van der Waals surface area contributed by atoms with Crippen LogP contribution in [0.4, 0.5) is 140 Å². The second kappa shape index (κ2) is 29.6. The van der Waals surface area contributed by atoms with Crippen LogP contribution in [-0.2, 0) is 9.47 Å². The van der Waals surface area contributed by atoms with E-state index in [9.17, 15) is 143 Å². The third-order valence-electron chi connectivity index (χ3n) is 26.5. The molecule has 16 rings (SSSR count). The fourth-order valence-corrected chi connectivity index (χ4v) is 22.9. The SMILES string of the molecule is CS.CS.CS.CS.OC(C(F)(F)F)(C(F)(F)F)C1(F)C2CC(C3C4CCC(C4)C32)C1(F)C(F)(F)F.OC(C(F)(F)F)(C(F)(F)F)C1(F)CC2CCC1C1C3CCC(CC3)C21.OC(C(F)(F)F)(C(F)(F)F)C1(F)CC2OC1C1C3CCC(O3)C21.OC(C(F)(F)F)(C(F)(F)F)C1(F)CCC2CCCCC2C1. The number of ether oxygens (including phenoxy) is 2. The molecule has 4 heterocycles. The summed E-state index contributed by atoms with van der Waals surface area (Å²) in [6.45, 7) is 0. The van der Waals surface area contributed by atoms with Crippen molar-refractivity contribution in [2.45, 2.75) is 266 Å². The van der Waals surface area contributed by atoms with Gasteiger partial charge in [-0.1, -0.05) is 25.7 Å². The van der Waals surface area contributed by atoms with E-state index in [1.54, 1.807) is 25.0 Å². The maximum absolute atomic E-state index is 15.8. The zero-order valence-electron chi connectivity index (χ0n) is 55.9. The van der Waals surface area contributed by atoms with Crippen molar-refractivity contribution in [3.8, 4) is 0 Å². The molecule has 0 aromatic carbocycles. The Balaban J connectivity index is 0.000000190. The minimum absolute atomic E-state index is 0.0000231. The molecule has 4 saturated heterocycles. The second-order valence-corrected chi connectivity index (χ2v) is 30.1. The molecule has 23 atom stereocenters. The third kappa shape index (κ3) is 13.2. The number of hydrogen-bond donors (Lipinski definition) is 8. The highest BCUT2D eigenvalue weighted by Gasteiger charge is 2.98. The van der Waals surface area contributed by atoms with Gasteiger partial charge >= 0.3 is 55.6 Å². The van der Waals surface area contributed by atoms with E-state index < -0.39 is 228 Å². The lowest BCUT2D eigenvalue weighted by molar-refractivity contribution is -0.442. The predicted molar refractivity (Wildman–Crippen MR) is 323 cm³/mol. The molecule has 4 aliphatic heterocycles. The van der Waals surface area contributed by atoms with Gasteiger partial charge in [-0.25, -0.2) is 22.0 Å². The van der Waals surface area contributed by atoms with Gasteiger partial charge < -0.3 is 29.9 Å². The number of aliphatic hydroxyl groups is 4. The average Bonchev–Trinajstić information content (AvgIpc) is 1.49. The summed E-state index contributed by atoms with van der Waals surface area (Å²) in [4.78, 5) is 0. The van der Waals surface area contributed by atoms with Crippen LogP contribution in [0.25, 0.3) is 0 Å². The first kappa shape index (κ1) is 91.1. The summed E-state index contributed by atoms with van der Waals surface area (Å²) in [7, 11) is 0. The van der Waals surface area contributed by atoms with E-state index in [-0.39, 0.29) is 49.0 Å². The largest absolute Gasteiger partial charge is 0.429 e. The highest BCUT2D eigenvalue weighted by molar-refractivity contribution is 7.79. The van der Waals surface area contributed by atoms with Crippen LogP contribution in [0.5, 0.6) is 0 Å². The molecule has 12 bridgehead atoms. The minimum atomic E-state index is -6.90. The first-order valence-electron chi connectivity index (χ1n) is 33.7. The third-order valence-corrected chi connectivity index (χ3v) is 26.5. The Morgan fingerprint density at radius 3 is 1.07 bits per heavy atom. The molecule has 0 radical (unpaired) electrons. The topological polar surface area (TPSA) is 99.4 Å². The molecule has 0 amide bonds. The molecule has 16 aliphatic rings.